The van der Waals surface area contributed by atoms with Crippen molar-refractivity contribution in [3.8, 4) is 0 Å². The molecule has 1 aliphatic rings. The molecule has 0 radical (unpaired) electrons. The number of aromatic nitrogens is 2. The van der Waals surface area contributed by atoms with E-state index in [9.17, 15) is 4.79 Å². The molecule has 0 saturated heterocycles. The topological polar surface area (TPSA) is 46.9 Å². The zero-order valence-electron chi connectivity index (χ0n) is 12.2. The van der Waals surface area contributed by atoms with E-state index in [4.69, 9.17) is 11.6 Å². The lowest BCUT2D eigenvalue weighted by molar-refractivity contribution is -0.120. The molecule has 1 aromatic carbocycles. The second-order valence-electron chi connectivity index (χ2n) is 5.47. The van der Waals surface area contributed by atoms with Crippen molar-refractivity contribution in [2.75, 3.05) is 5.32 Å². The molecule has 0 bridgehead atoms. The number of rotatable bonds is 4. The third-order valence-electron chi connectivity index (χ3n) is 3.85. The summed E-state index contributed by atoms with van der Waals surface area (Å²) in [6, 6.07) is 9.45. The van der Waals surface area contributed by atoms with Gasteiger partial charge in [-0.05, 0) is 37.0 Å². The number of anilines is 1. The summed E-state index contributed by atoms with van der Waals surface area (Å²) in [5.74, 6) is 0.862. The first-order chi connectivity index (χ1) is 10.7. The first kappa shape index (κ1) is 14.9. The van der Waals surface area contributed by atoms with Crippen molar-refractivity contribution in [1.29, 1.82) is 0 Å². The molecule has 4 nitrogen and oxygen atoms in total. The first-order valence-electron chi connectivity index (χ1n) is 7.44. The van der Waals surface area contributed by atoms with Crippen LogP contribution in [-0.2, 0) is 11.3 Å². The quantitative estimate of drug-likeness (QED) is 0.870. The molecule has 114 valence electrons. The van der Waals surface area contributed by atoms with Crippen molar-refractivity contribution >= 4 is 23.3 Å². The molecule has 0 saturated carbocycles. The third-order valence-corrected chi connectivity index (χ3v) is 4.11. The molecule has 0 aliphatic heterocycles. The highest BCUT2D eigenvalue weighted by atomic mass is 35.5. The number of carbonyl (C=O) groups excluding carboxylic acids is 1. The summed E-state index contributed by atoms with van der Waals surface area (Å²) in [5.41, 5.74) is 1.09. The Morgan fingerprint density at radius 3 is 2.82 bits per heavy atom. The van der Waals surface area contributed by atoms with Crippen molar-refractivity contribution in [2.45, 2.75) is 25.8 Å². The molecule has 3 rings (SSSR count). The van der Waals surface area contributed by atoms with Crippen molar-refractivity contribution in [2.24, 2.45) is 5.92 Å². The molecule has 22 heavy (non-hydrogen) atoms. The Balaban J connectivity index is 1.67. The van der Waals surface area contributed by atoms with Crippen molar-refractivity contribution in [1.82, 2.24) is 9.78 Å². The molecule has 1 heterocycles. The largest absolute Gasteiger partial charge is 0.311 e. The Morgan fingerprint density at radius 2 is 2.09 bits per heavy atom. The van der Waals surface area contributed by atoms with Gasteiger partial charge in [-0.2, -0.15) is 5.10 Å². The number of carbonyl (C=O) groups is 1. The minimum absolute atomic E-state index is 0.0591. The Morgan fingerprint density at radius 1 is 1.27 bits per heavy atom. The Hall–Kier alpha value is -2.07. The maximum absolute atomic E-state index is 12.3. The normalized spacial score (nSPS) is 17.4. The number of amides is 1. The maximum atomic E-state index is 12.3. The van der Waals surface area contributed by atoms with Gasteiger partial charge in [0.15, 0.2) is 0 Å². The van der Waals surface area contributed by atoms with Crippen LogP contribution in [0.4, 0.5) is 5.82 Å². The molecule has 1 aromatic heterocycles. The second kappa shape index (κ2) is 6.79. The highest BCUT2D eigenvalue weighted by Crippen LogP contribution is 2.20. The standard InChI is InChI=1S/C17H18ClN3O/c18-15-8-6-13(7-9-15)12-21-16(10-11-19-21)20-17(22)14-4-2-1-3-5-14/h1-2,6-11,14H,3-5,12H2,(H,20,22). The van der Waals surface area contributed by atoms with Crippen molar-refractivity contribution < 1.29 is 4.79 Å². The summed E-state index contributed by atoms with van der Waals surface area (Å²) < 4.78 is 1.79. The van der Waals surface area contributed by atoms with Gasteiger partial charge < -0.3 is 5.32 Å². The lowest BCUT2D eigenvalue weighted by atomic mass is 9.94. The molecule has 1 unspecified atom stereocenters. The van der Waals surface area contributed by atoms with E-state index >= 15 is 0 Å². The molecule has 0 fully saturated rings. The van der Waals surface area contributed by atoms with Gasteiger partial charge >= 0.3 is 0 Å². The number of hydrogen-bond acceptors (Lipinski definition) is 2. The second-order valence-corrected chi connectivity index (χ2v) is 5.91. The lowest BCUT2D eigenvalue weighted by Crippen LogP contribution is -2.25. The van der Waals surface area contributed by atoms with Crippen LogP contribution in [0, 0.1) is 5.92 Å². The zero-order chi connectivity index (χ0) is 15.4. The summed E-state index contributed by atoms with van der Waals surface area (Å²) >= 11 is 5.89. The van der Waals surface area contributed by atoms with Gasteiger partial charge in [0.2, 0.25) is 5.91 Å². The summed E-state index contributed by atoms with van der Waals surface area (Å²) in [4.78, 5) is 12.3. The average molecular weight is 316 g/mol. The maximum Gasteiger partial charge on any atom is 0.228 e. The molecule has 1 aliphatic carbocycles. The molecular formula is C17H18ClN3O. The Bertz CT molecular complexity index is 675. The minimum atomic E-state index is 0.0591. The molecule has 5 heteroatoms. The third kappa shape index (κ3) is 3.57. The van der Waals surface area contributed by atoms with E-state index in [2.05, 4.69) is 22.6 Å². The Kier molecular flexibility index (Phi) is 4.59. The van der Waals surface area contributed by atoms with E-state index in [1.807, 2.05) is 30.3 Å². The van der Waals surface area contributed by atoms with Crippen molar-refractivity contribution in [3.63, 3.8) is 0 Å². The van der Waals surface area contributed by atoms with Crippen LogP contribution in [-0.4, -0.2) is 15.7 Å². The fraction of sp³-hybridized carbons (Fsp3) is 0.294. The zero-order valence-corrected chi connectivity index (χ0v) is 13.0. The molecule has 1 atom stereocenters. The van der Waals surface area contributed by atoms with Gasteiger partial charge in [0.05, 0.1) is 12.7 Å². The predicted molar refractivity (Wildman–Crippen MR) is 87.9 cm³/mol. The van der Waals surface area contributed by atoms with Crippen LogP contribution in [0.2, 0.25) is 5.02 Å². The van der Waals surface area contributed by atoms with Gasteiger partial charge in [-0.1, -0.05) is 35.9 Å². The lowest BCUT2D eigenvalue weighted by Gasteiger charge is -2.17. The van der Waals surface area contributed by atoms with Crippen LogP contribution < -0.4 is 5.32 Å². The van der Waals surface area contributed by atoms with Crippen LogP contribution >= 0.6 is 11.6 Å². The minimum Gasteiger partial charge on any atom is -0.311 e. The Labute approximate surface area is 134 Å². The molecule has 1 amide bonds. The highest BCUT2D eigenvalue weighted by molar-refractivity contribution is 6.30. The number of hydrogen-bond donors (Lipinski definition) is 1. The fourth-order valence-corrected chi connectivity index (χ4v) is 2.71. The average Bonchev–Trinajstić information content (AvgIpc) is 2.97. The number of nitrogens with one attached hydrogen (secondary N) is 1. The summed E-state index contributed by atoms with van der Waals surface area (Å²) in [6.07, 6.45) is 8.62. The van der Waals surface area contributed by atoms with Gasteiger partial charge in [0.1, 0.15) is 5.82 Å². The smallest absolute Gasteiger partial charge is 0.228 e. The number of halogens is 1. The number of nitrogens with zero attached hydrogens (tertiary/aromatic N) is 2. The highest BCUT2D eigenvalue weighted by Gasteiger charge is 2.19. The number of allylic oxidation sites excluding steroid dienone is 2. The van der Waals surface area contributed by atoms with Gasteiger partial charge in [0.25, 0.3) is 0 Å². The summed E-state index contributed by atoms with van der Waals surface area (Å²) in [7, 11) is 0. The SMILES string of the molecule is O=C(Nc1ccnn1Cc1ccc(Cl)cc1)C1CC=CCC1. The van der Waals surface area contributed by atoms with Gasteiger partial charge in [0, 0.05) is 17.0 Å². The van der Waals surface area contributed by atoms with E-state index in [0.717, 1.165) is 30.6 Å². The monoisotopic (exact) mass is 315 g/mol. The van der Waals surface area contributed by atoms with E-state index in [1.54, 1.807) is 10.9 Å². The molecule has 1 N–H and O–H groups in total. The van der Waals surface area contributed by atoms with E-state index in [-0.39, 0.29) is 11.8 Å². The van der Waals surface area contributed by atoms with Gasteiger partial charge in [-0.15, -0.1) is 0 Å². The fourth-order valence-electron chi connectivity index (χ4n) is 2.59. The van der Waals surface area contributed by atoms with Crippen LogP contribution in [0.25, 0.3) is 0 Å². The van der Waals surface area contributed by atoms with E-state index < -0.39 is 0 Å². The molecule has 0 spiro atoms. The van der Waals surface area contributed by atoms with Gasteiger partial charge in [-0.25, -0.2) is 4.68 Å². The van der Waals surface area contributed by atoms with Crippen LogP contribution in [0.5, 0.6) is 0 Å². The first-order valence-corrected chi connectivity index (χ1v) is 7.82. The van der Waals surface area contributed by atoms with E-state index in [1.165, 1.54) is 0 Å². The van der Waals surface area contributed by atoms with Crippen molar-refractivity contribution in [3.05, 3.63) is 59.3 Å². The number of benzene rings is 1. The predicted octanol–water partition coefficient (Wildman–Crippen LogP) is 3.88. The molecule has 2 aromatic rings. The molecular weight excluding hydrogens is 298 g/mol. The van der Waals surface area contributed by atoms with Crippen LogP contribution in [0.15, 0.2) is 48.7 Å². The van der Waals surface area contributed by atoms with Gasteiger partial charge in [-0.3, -0.25) is 4.79 Å². The summed E-state index contributed by atoms with van der Waals surface area (Å²) in [5, 5.41) is 7.99. The van der Waals surface area contributed by atoms with Crippen LogP contribution in [0.1, 0.15) is 24.8 Å². The van der Waals surface area contributed by atoms with E-state index in [0.29, 0.717) is 11.6 Å². The van der Waals surface area contributed by atoms with Crippen LogP contribution in [0.3, 0.4) is 0 Å². The summed E-state index contributed by atoms with van der Waals surface area (Å²) in [6.45, 7) is 0.602.